The summed E-state index contributed by atoms with van der Waals surface area (Å²) in [6.07, 6.45) is 1.13. The van der Waals surface area contributed by atoms with Crippen LogP contribution in [-0.4, -0.2) is 43.9 Å². The van der Waals surface area contributed by atoms with E-state index in [1.807, 2.05) is 6.92 Å². The largest absolute Gasteiger partial charge is 0.338 e. The van der Waals surface area contributed by atoms with Crippen LogP contribution < -0.4 is 0 Å². The van der Waals surface area contributed by atoms with Gasteiger partial charge in [0.25, 0.3) is 5.91 Å². The second-order valence-electron chi connectivity index (χ2n) is 4.22. The van der Waals surface area contributed by atoms with Gasteiger partial charge in [0.1, 0.15) is 0 Å². The van der Waals surface area contributed by atoms with Crippen molar-refractivity contribution in [1.29, 1.82) is 0 Å². The molecule has 0 bridgehead atoms. The van der Waals surface area contributed by atoms with E-state index in [1.54, 1.807) is 24.1 Å². The van der Waals surface area contributed by atoms with Crippen molar-refractivity contribution in [1.82, 2.24) is 4.90 Å². The monoisotopic (exact) mass is 333 g/mol. The predicted octanol–water partition coefficient (Wildman–Crippen LogP) is 1.95. The van der Waals surface area contributed by atoms with E-state index in [1.165, 1.54) is 12.1 Å². The number of carbonyl (C=O) groups excluding carboxylic acids is 1. The minimum atomic E-state index is -3.29. The number of carbonyl (C=O) groups is 1. The molecule has 1 unspecified atom stereocenters. The van der Waals surface area contributed by atoms with Gasteiger partial charge in [0.2, 0.25) is 0 Å². The van der Waals surface area contributed by atoms with Gasteiger partial charge in [-0.3, -0.25) is 4.79 Å². The molecule has 0 aliphatic rings. The van der Waals surface area contributed by atoms with Crippen molar-refractivity contribution in [3.63, 3.8) is 0 Å². The molecule has 0 spiro atoms. The third-order valence-electron chi connectivity index (χ3n) is 2.71. The summed E-state index contributed by atoms with van der Waals surface area (Å²) in [4.78, 5) is 13.9. The molecule has 1 rings (SSSR count). The average molecular weight is 334 g/mol. The summed E-state index contributed by atoms with van der Waals surface area (Å²) < 4.78 is 22.9. The quantitative estimate of drug-likeness (QED) is 0.791. The molecule has 100 valence electrons. The maximum absolute atomic E-state index is 12.1. The van der Waals surface area contributed by atoms with Crippen molar-refractivity contribution in [2.75, 3.05) is 18.6 Å². The van der Waals surface area contributed by atoms with Gasteiger partial charge in [0.15, 0.2) is 9.84 Å². The second kappa shape index (κ2) is 5.84. The topological polar surface area (TPSA) is 54.5 Å². The molecule has 0 N–H and O–H groups in total. The maximum Gasteiger partial charge on any atom is 0.253 e. The smallest absolute Gasteiger partial charge is 0.253 e. The lowest BCUT2D eigenvalue weighted by Crippen LogP contribution is -2.36. The molecular formula is C12H16BrNO3S. The van der Waals surface area contributed by atoms with Crippen LogP contribution in [0.15, 0.2) is 29.2 Å². The van der Waals surface area contributed by atoms with Crippen LogP contribution >= 0.6 is 15.9 Å². The molecule has 4 nitrogen and oxygen atoms in total. The second-order valence-corrected chi connectivity index (χ2v) is 6.88. The number of rotatable bonds is 4. The highest BCUT2D eigenvalue weighted by molar-refractivity contribution is 9.09. The summed E-state index contributed by atoms with van der Waals surface area (Å²) in [5.41, 5.74) is 0.383. The van der Waals surface area contributed by atoms with Gasteiger partial charge in [-0.25, -0.2) is 8.42 Å². The van der Waals surface area contributed by atoms with Crippen LogP contribution in [0.5, 0.6) is 0 Å². The van der Waals surface area contributed by atoms with Gasteiger partial charge in [-0.1, -0.05) is 22.0 Å². The first-order valence-corrected chi connectivity index (χ1v) is 8.42. The molecule has 0 aliphatic carbocycles. The third kappa shape index (κ3) is 3.55. The Morgan fingerprint density at radius 3 is 2.56 bits per heavy atom. The Labute approximate surface area is 116 Å². The van der Waals surface area contributed by atoms with E-state index in [-0.39, 0.29) is 16.8 Å². The summed E-state index contributed by atoms with van der Waals surface area (Å²) >= 11 is 3.31. The molecule has 0 aromatic heterocycles. The number of hydrogen-bond donors (Lipinski definition) is 0. The van der Waals surface area contributed by atoms with E-state index in [0.717, 1.165) is 6.26 Å². The van der Waals surface area contributed by atoms with Crippen molar-refractivity contribution >= 4 is 31.7 Å². The van der Waals surface area contributed by atoms with Crippen LogP contribution in [0.25, 0.3) is 0 Å². The summed E-state index contributed by atoms with van der Waals surface area (Å²) in [6, 6.07) is 6.14. The van der Waals surface area contributed by atoms with Gasteiger partial charge in [0, 0.05) is 30.2 Å². The van der Waals surface area contributed by atoms with Gasteiger partial charge in [0.05, 0.1) is 4.90 Å². The lowest BCUT2D eigenvalue weighted by molar-refractivity contribution is 0.0758. The van der Waals surface area contributed by atoms with Crippen LogP contribution in [0.3, 0.4) is 0 Å². The standard InChI is InChI=1S/C12H16BrNO3S/c1-9(8-13)14(2)12(15)10-5-4-6-11(7-10)18(3,16)17/h4-7,9H,8H2,1-3H3. The van der Waals surface area contributed by atoms with E-state index in [9.17, 15) is 13.2 Å². The number of sulfone groups is 1. The Hall–Kier alpha value is -0.880. The first-order chi connectivity index (χ1) is 8.27. The minimum absolute atomic E-state index is 0.0411. The summed E-state index contributed by atoms with van der Waals surface area (Å²) in [6.45, 7) is 1.91. The zero-order chi connectivity index (χ0) is 13.9. The Morgan fingerprint density at radius 2 is 2.06 bits per heavy atom. The molecule has 6 heteroatoms. The van der Waals surface area contributed by atoms with Gasteiger partial charge >= 0.3 is 0 Å². The van der Waals surface area contributed by atoms with E-state index in [0.29, 0.717) is 10.9 Å². The van der Waals surface area contributed by atoms with Gasteiger partial charge in [-0.15, -0.1) is 0 Å². The Morgan fingerprint density at radius 1 is 1.44 bits per heavy atom. The molecule has 0 heterocycles. The Kier molecular flexibility index (Phi) is 4.92. The number of halogens is 1. The van der Waals surface area contributed by atoms with Crippen molar-refractivity contribution < 1.29 is 13.2 Å². The molecule has 1 atom stereocenters. The predicted molar refractivity (Wildman–Crippen MR) is 74.9 cm³/mol. The normalized spacial score (nSPS) is 13.1. The number of benzene rings is 1. The SMILES string of the molecule is CC(CBr)N(C)C(=O)c1cccc(S(C)(=O)=O)c1. The lowest BCUT2D eigenvalue weighted by Gasteiger charge is -2.23. The highest BCUT2D eigenvalue weighted by atomic mass is 79.9. The molecular weight excluding hydrogens is 318 g/mol. The van der Waals surface area contributed by atoms with Gasteiger partial charge in [-0.05, 0) is 25.1 Å². The van der Waals surface area contributed by atoms with E-state index in [4.69, 9.17) is 0 Å². The zero-order valence-corrected chi connectivity index (χ0v) is 13.0. The summed E-state index contributed by atoms with van der Waals surface area (Å²) in [5, 5.41) is 0.668. The Balaban J connectivity index is 3.08. The van der Waals surface area contributed by atoms with Crippen LogP contribution in [0.4, 0.5) is 0 Å². The van der Waals surface area contributed by atoms with Crippen LogP contribution in [0, 0.1) is 0 Å². The van der Waals surface area contributed by atoms with Crippen LogP contribution in [-0.2, 0) is 9.84 Å². The molecule has 18 heavy (non-hydrogen) atoms. The third-order valence-corrected chi connectivity index (χ3v) is 4.76. The molecule has 1 aromatic rings. The van der Waals surface area contributed by atoms with Crippen molar-refractivity contribution in [3.05, 3.63) is 29.8 Å². The molecule has 0 saturated carbocycles. The number of alkyl halides is 1. The zero-order valence-electron chi connectivity index (χ0n) is 10.6. The van der Waals surface area contributed by atoms with Gasteiger partial charge in [-0.2, -0.15) is 0 Å². The van der Waals surface area contributed by atoms with Crippen molar-refractivity contribution in [2.45, 2.75) is 17.9 Å². The molecule has 0 fully saturated rings. The number of amides is 1. The molecule has 0 radical (unpaired) electrons. The fourth-order valence-electron chi connectivity index (χ4n) is 1.37. The maximum atomic E-state index is 12.1. The van der Waals surface area contributed by atoms with E-state index < -0.39 is 9.84 Å². The van der Waals surface area contributed by atoms with Crippen LogP contribution in [0.1, 0.15) is 17.3 Å². The first-order valence-electron chi connectivity index (χ1n) is 5.40. The van der Waals surface area contributed by atoms with Gasteiger partial charge < -0.3 is 4.90 Å². The van der Waals surface area contributed by atoms with Crippen molar-refractivity contribution in [3.8, 4) is 0 Å². The summed E-state index contributed by atoms with van der Waals surface area (Å²) in [7, 11) is -1.59. The van der Waals surface area contributed by atoms with Crippen molar-refractivity contribution in [2.24, 2.45) is 0 Å². The van der Waals surface area contributed by atoms with Crippen LogP contribution in [0.2, 0.25) is 0 Å². The minimum Gasteiger partial charge on any atom is -0.338 e. The van der Waals surface area contributed by atoms with E-state index >= 15 is 0 Å². The number of nitrogens with zero attached hydrogens (tertiary/aromatic N) is 1. The Bertz CT molecular complexity index is 542. The average Bonchev–Trinajstić information content (AvgIpc) is 2.35. The fourth-order valence-corrected chi connectivity index (χ4v) is 2.47. The first kappa shape index (κ1) is 15.2. The summed E-state index contributed by atoms with van der Waals surface area (Å²) in [5.74, 6) is -0.188. The molecule has 0 aliphatic heterocycles. The van der Waals surface area contributed by atoms with E-state index in [2.05, 4.69) is 15.9 Å². The molecule has 1 aromatic carbocycles. The molecule has 1 amide bonds. The highest BCUT2D eigenvalue weighted by Crippen LogP contribution is 2.14. The lowest BCUT2D eigenvalue weighted by atomic mass is 10.2. The number of hydrogen-bond acceptors (Lipinski definition) is 3. The molecule has 0 saturated heterocycles. The highest BCUT2D eigenvalue weighted by Gasteiger charge is 2.18. The fraction of sp³-hybridized carbons (Fsp3) is 0.417.